The van der Waals surface area contributed by atoms with Crippen LogP contribution in [-0.2, 0) is 11.2 Å². The highest BCUT2D eigenvalue weighted by Gasteiger charge is 2.17. The zero-order valence-corrected chi connectivity index (χ0v) is 12.9. The molecule has 3 aromatic rings. The predicted octanol–water partition coefficient (Wildman–Crippen LogP) is 4.03. The fraction of sp³-hybridized carbons (Fsp3) is 0.105. The van der Waals surface area contributed by atoms with Gasteiger partial charge in [-0.2, -0.15) is 0 Å². The second-order valence-electron chi connectivity index (χ2n) is 5.21. The Kier molecular flexibility index (Phi) is 4.45. The van der Waals surface area contributed by atoms with E-state index in [9.17, 15) is 4.79 Å². The summed E-state index contributed by atoms with van der Waals surface area (Å²) in [5, 5.41) is 2.12. The lowest BCUT2D eigenvalue weighted by molar-refractivity contribution is -0.117. The van der Waals surface area contributed by atoms with Crippen LogP contribution in [0.2, 0.25) is 0 Å². The number of thioether (sulfide) groups is 1. The van der Waals surface area contributed by atoms with E-state index in [-0.39, 0.29) is 11.2 Å². The topological polar surface area (TPSA) is 43.1 Å². The molecule has 0 aliphatic heterocycles. The molecule has 0 bridgehead atoms. The summed E-state index contributed by atoms with van der Waals surface area (Å²) >= 11 is 1.53. The van der Waals surface area contributed by atoms with Crippen LogP contribution in [0.3, 0.4) is 0 Å². The third kappa shape index (κ3) is 3.49. The lowest BCUT2D eigenvalue weighted by Gasteiger charge is -2.13. The third-order valence-corrected chi connectivity index (χ3v) is 4.79. The summed E-state index contributed by atoms with van der Waals surface area (Å²) in [5.41, 5.74) is 6.71. The van der Waals surface area contributed by atoms with Crippen LogP contribution < -0.4 is 5.73 Å². The van der Waals surface area contributed by atoms with Gasteiger partial charge in [0.15, 0.2) is 0 Å². The van der Waals surface area contributed by atoms with Crippen molar-refractivity contribution in [2.24, 2.45) is 5.73 Å². The van der Waals surface area contributed by atoms with E-state index >= 15 is 0 Å². The molecule has 0 radical (unpaired) electrons. The fourth-order valence-corrected chi connectivity index (χ4v) is 3.50. The minimum Gasteiger partial charge on any atom is -0.369 e. The fourth-order valence-electron chi connectivity index (χ4n) is 2.43. The number of hydrogen-bond acceptors (Lipinski definition) is 2. The highest BCUT2D eigenvalue weighted by Crippen LogP contribution is 2.28. The standard InChI is InChI=1S/C19H17NOS/c20-19(21)18(12-14-6-2-1-3-7-14)22-17-11-10-15-8-4-5-9-16(15)13-17/h1-11,13,18H,12H2,(H2,20,21). The molecule has 0 spiro atoms. The van der Waals surface area contributed by atoms with Crippen LogP contribution >= 0.6 is 11.8 Å². The molecular formula is C19H17NOS. The third-order valence-electron chi connectivity index (χ3n) is 3.58. The molecule has 0 saturated heterocycles. The van der Waals surface area contributed by atoms with E-state index in [1.54, 1.807) is 0 Å². The first-order valence-corrected chi connectivity index (χ1v) is 8.09. The molecular weight excluding hydrogens is 290 g/mol. The number of hydrogen-bond donors (Lipinski definition) is 1. The van der Waals surface area contributed by atoms with Crippen molar-refractivity contribution < 1.29 is 4.79 Å². The largest absolute Gasteiger partial charge is 0.369 e. The lowest BCUT2D eigenvalue weighted by Crippen LogP contribution is -2.27. The normalized spacial score (nSPS) is 12.2. The second-order valence-corrected chi connectivity index (χ2v) is 6.48. The number of nitrogens with two attached hydrogens (primary N) is 1. The maximum absolute atomic E-state index is 11.8. The average molecular weight is 307 g/mol. The van der Waals surface area contributed by atoms with Crippen LogP contribution in [0.1, 0.15) is 5.56 Å². The predicted molar refractivity (Wildman–Crippen MR) is 92.9 cm³/mol. The van der Waals surface area contributed by atoms with Gasteiger partial charge in [-0.25, -0.2) is 0 Å². The summed E-state index contributed by atoms with van der Waals surface area (Å²) in [4.78, 5) is 12.8. The maximum atomic E-state index is 11.8. The first-order chi connectivity index (χ1) is 10.7. The number of amides is 1. The Morgan fingerprint density at radius 1 is 0.909 bits per heavy atom. The number of rotatable bonds is 5. The summed E-state index contributed by atoms with van der Waals surface area (Å²) in [5.74, 6) is -0.276. The quantitative estimate of drug-likeness (QED) is 0.723. The molecule has 2 nitrogen and oxygen atoms in total. The van der Waals surface area contributed by atoms with Crippen molar-refractivity contribution in [3.8, 4) is 0 Å². The van der Waals surface area contributed by atoms with E-state index in [0.29, 0.717) is 6.42 Å². The van der Waals surface area contributed by atoms with Gasteiger partial charge in [0.2, 0.25) is 5.91 Å². The molecule has 0 saturated carbocycles. The molecule has 0 fully saturated rings. The number of fused-ring (bicyclic) bond motifs is 1. The van der Waals surface area contributed by atoms with Crippen molar-refractivity contribution >= 4 is 28.4 Å². The number of primary amides is 1. The zero-order valence-electron chi connectivity index (χ0n) is 12.1. The second kappa shape index (κ2) is 6.67. The molecule has 1 amide bonds. The van der Waals surface area contributed by atoms with Gasteiger partial charge in [0.1, 0.15) is 0 Å². The van der Waals surface area contributed by atoms with E-state index in [4.69, 9.17) is 5.73 Å². The summed E-state index contributed by atoms with van der Waals surface area (Å²) in [6, 6.07) is 24.4. The van der Waals surface area contributed by atoms with Crippen LogP contribution in [0.15, 0.2) is 77.7 Å². The molecule has 0 aliphatic carbocycles. The summed E-state index contributed by atoms with van der Waals surface area (Å²) < 4.78 is 0. The maximum Gasteiger partial charge on any atom is 0.231 e. The highest BCUT2D eigenvalue weighted by molar-refractivity contribution is 8.00. The van der Waals surface area contributed by atoms with Gasteiger partial charge in [0, 0.05) is 4.90 Å². The number of carbonyl (C=O) groups is 1. The van der Waals surface area contributed by atoms with Crippen molar-refractivity contribution in [2.75, 3.05) is 0 Å². The van der Waals surface area contributed by atoms with E-state index in [2.05, 4.69) is 24.3 Å². The molecule has 2 N–H and O–H groups in total. The van der Waals surface area contributed by atoms with Gasteiger partial charge in [-0.15, -0.1) is 11.8 Å². The first-order valence-electron chi connectivity index (χ1n) is 7.21. The number of benzene rings is 3. The van der Waals surface area contributed by atoms with E-state index < -0.39 is 0 Å². The Morgan fingerprint density at radius 2 is 1.59 bits per heavy atom. The van der Waals surface area contributed by atoms with Crippen molar-refractivity contribution in [2.45, 2.75) is 16.6 Å². The van der Waals surface area contributed by atoms with Gasteiger partial charge < -0.3 is 5.73 Å². The summed E-state index contributed by atoms with van der Waals surface area (Å²) in [6.45, 7) is 0. The smallest absolute Gasteiger partial charge is 0.231 e. The number of carbonyl (C=O) groups excluding carboxylic acids is 1. The highest BCUT2D eigenvalue weighted by atomic mass is 32.2. The minimum atomic E-state index is -0.276. The van der Waals surface area contributed by atoms with Crippen LogP contribution in [0.4, 0.5) is 0 Å². The molecule has 22 heavy (non-hydrogen) atoms. The van der Waals surface area contributed by atoms with Gasteiger partial charge in [-0.05, 0) is 34.9 Å². The molecule has 3 aromatic carbocycles. The molecule has 3 heteroatoms. The van der Waals surface area contributed by atoms with Crippen LogP contribution in [0, 0.1) is 0 Å². The van der Waals surface area contributed by atoms with Crippen molar-refractivity contribution in [1.82, 2.24) is 0 Å². The monoisotopic (exact) mass is 307 g/mol. The van der Waals surface area contributed by atoms with Crippen molar-refractivity contribution in [3.63, 3.8) is 0 Å². The van der Waals surface area contributed by atoms with Crippen LogP contribution in [0.5, 0.6) is 0 Å². The Labute approximate surface area is 134 Å². The molecule has 1 unspecified atom stereocenters. The molecule has 0 aromatic heterocycles. The first kappa shape index (κ1) is 14.7. The van der Waals surface area contributed by atoms with Crippen LogP contribution in [-0.4, -0.2) is 11.2 Å². The summed E-state index contributed by atoms with van der Waals surface area (Å²) in [6.07, 6.45) is 0.646. The molecule has 3 rings (SSSR count). The van der Waals surface area contributed by atoms with Crippen LogP contribution in [0.25, 0.3) is 10.8 Å². The van der Waals surface area contributed by atoms with Crippen molar-refractivity contribution in [1.29, 1.82) is 0 Å². The Morgan fingerprint density at radius 3 is 2.32 bits per heavy atom. The Bertz CT molecular complexity index is 786. The minimum absolute atomic E-state index is 0.261. The molecule has 0 aliphatic rings. The van der Waals surface area contributed by atoms with E-state index in [1.807, 2.05) is 48.5 Å². The molecule has 1 atom stereocenters. The van der Waals surface area contributed by atoms with Gasteiger partial charge in [0.05, 0.1) is 5.25 Å². The zero-order chi connectivity index (χ0) is 15.4. The van der Waals surface area contributed by atoms with Gasteiger partial charge in [0.25, 0.3) is 0 Å². The van der Waals surface area contributed by atoms with Gasteiger partial charge in [-0.1, -0.05) is 60.7 Å². The summed E-state index contributed by atoms with van der Waals surface area (Å²) in [7, 11) is 0. The average Bonchev–Trinajstić information content (AvgIpc) is 2.55. The molecule has 110 valence electrons. The van der Waals surface area contributed by atoms with Crippen molar-refractivity contribution in [3.05, 3.63) is 78.4 Å². The van der Waals surface area contributed by atoms with Gasteiger partial charge >= 0.3 is 0 Å². The SMILES string of the molecule is NC(=O)C(Cc1ccccc1)Sc1ccc2ccccc2c1. The molecule has 0 heterocycles. The Balaban J connectivity index is 1.81. The van der Waals surface area contributed by atoms with E-state index in [0.717, 1.165) is 10.5 Å². The lowest BCUT2D eigenvalue weighted by atomic mass is 10.1. The van der Waals surface area contributed by atoms with E-state index in [1.165, 1.54) is 22.5 Å². The Hall–Kier alpha value is -2.26. The van der Waals surface area contributed by atoms with Gasteiger partial charge in [-0.3, -0.25) is 4.79 Å².